The van der Waals surface area contributed by atoms with Crippen LogP contribution in [-0.4, -0.2) is 49.3 Å². The smallest absolute Gasteiger partial charge is 0.246 e. The Morgan fingerprint density at radius 2 is 1.85 bits per heavy atom. The topological polar surface area (TPSA) is 59.0 Å². The summed E-state index contributed by atoms with van der Waals surface area (Å²) in [7, 11) is 5.25. The molecule has 3 aliphatic carbocycles. The van der Waals surface area contributed by atoms with Gasteiger partial charge in [0.15, 0.2) is 11.5 Å². The van der Waals surface area contributed by atoms with Gasteiger partial charge in [-0.3, -0.25) is 4.79 Å². The number of carbonyl (C=O) groups excluding carboxylic acids is 1. The van der Waals surface area contributed by atoms with Crippen molar-refractivity contribution in [2.45, 2.75) is 58.1 Å². The molecule has 33 heavy (non-hydrogen) atoms. The number of likely N-dealkylation sites (N-methyl/N-ethyl adjacent to an activating group) is 1. The summed E-state index contributed by atoms with van der Waals surface area (Å²) in [5.41, 5.74) is 2.10. The van der Waals surface area contributed by atoms with E-state index in [2.05, 4.69) is 26.0 Å². The van der Waals surface area contributed by atoms with Crippen LogP contribution in [0.25, 0.3) is 6.08 Å². The Balaban J connectivity index is 1.46. The van der Waals surface area contributed by atoms with Crippen LogP contribution in [0.2, 0.25) is 0 Å². The van der Waals surface area contributed by atoms with Crippen molar-refractivity contribution < 1.29 is 19.4 Å². The summed E-state index contributed by atoms with van der Waals surface area (Å²) < 4.78 is 10.9. The molecule has 7 atom stereocenters. The van der Waals surface area contributed by atoms with Gasteiger partial charge in [-0.05, 0) is 79.2 Å². The highest BCUT2D eigenvalue weighted by Crippen LogP contribution is 2.65. The van der Waals surface area contributed by atoms with Crippen LogP contribution in [0.4, 0.5) is 0 Å². The molecule has 5 nitrogen and oxygen atoms in total. The second-order valence-corrected chi connectivity index (χ2v) is 11.1. The van der Waals surface area contributed by atoms with E-state index in [9.17, 15) is 9.90 Å². The maximum absolute atomic E-state index is 12.3. The first kappa shape index (κ1) is 22.5. The molecule has 5 rings (SSSR count). The summed E-state index contributed by atoms with van der Waals surface area (Å²) in [5, 5.41) is 11.5. The van der Waals surface area contributed by atoms with Crippen LogP contribution in [0.1, 0.15) is 51.5 Å². The molecule has 1 aliphatic heterocycles. The van der Waals surface area contributed by atoms with Crippen molar-refractivity contribution in [3.05, 3.63) is 41.5 Å². The molecule has 0 radical (unpaired) electrons. The van der Waals surface area contributed by atoms with Gasteiger partial charge in [-0.2, -0.15) is 0 Å². The van der Waals surface area contributed by atoms with Gasteiger partial charge in [0.05, 0.1) is 20.3 Å². The highest BCUT2D eigenvalue weighted by atomic mass is 16.5. The highest BCUT2D eigenvalue weighted by Gasteiger charge is 2.61. The fourth-order valence-corrected chi connectivity index (χ4v) is 7.89. The minimum atomic E-state index is -0.423. The average molecular weight is 452 g/mol. The van der Waals surface area contributed by atoms with Gasteiger partial charge in [0.25, 0.3) is 0 Å². The number of aliphatic hydroxyl groups is 1. The van der Waals surface area contributed by atoms with Crippen LogP contribution >= 0.6 is 0 Å². The van der Waals surface area contributed by atoms with Crippen molar-refractivity contribution in [1.29, 1.82) is 0 Å². The molecule has 0 aromatic heterocycles. The first-order chi connectivity index (χ1) is 15.7. The van der Waals surface area contributed by atoms with Gasteiger partial charge in [-0.1, -0.05) is 32.1 Å². The summed E-state index contributed by atoms with van der Waals surface area (Å²) in [6.07, 6.45) is 11.0. The molecule has 0 spiro atoms. The lowest BCUT2D eigenvalue weighted by atomic mass is 9.48. The van der Waals surface area contributed by atoms with Crippen molar-refractivity contribution in [3.8, 4) is 11.5 Å². The third-order valence-corrected chi connectivity index (χ3v) is 9.76. The third-order valence-electron chi connectivity index (χ3n) is 9.76. The lowest BCUT2D eigenvalue weighted by molar-refractivity contribution is -0.140. The molecule has 5 heteroatoms. The normalized spacial score (nSPS) is 40.9. The van der Waals surface area contributed by atoms with Gasteiger partial charge in [-0.15, -0.1) is 0 Å². The summed E-state index contributed by atoms with van der Waals surface area (Å²) in [6.45, 7) is 4.66. The van der Waals surface area contributed by atoms with Crippen LogP contribution in [-0.2, 0) is 4.79 Å². The number of methoxy groups -OCH3 is 2. The zero-order chi connectivity index (χ0) is 23.5. The molecule has 3 fully saturated rings. The van der Waals surface area contributed by atoms with Gasteiger partial charge in [0, 0.05) is 23.9 Å². The highest BCUT2D eigenvalue weighted by molar-refractivity contribution is 5.89. The van der Waals surface area contributed by atoms with Crippen molar-refractivity contribution in [3.63, 3.8) is 0 Å². The maximum Gasteiger partial charge on any atom is 0.246 e. The molecule has 3 saturated carbocycles. The van der Waals surface area contributed by atoms with E-state index in [1.54, 1.807) is 20.3 Å². The van der Waals surface area contributed by atoms with E-state index in [0.717, 1.165) is 43.2 Å². The molecular weight excluding hydrogens is 414 g/mol. The standard InChI is InChI=1S/C28H37NO4/c1-27-13-11-25(30)29(3)24(27)9-7-19-20(27)10-12-28(2)21(19)16-18(26(28)31)14-17-6-8-22(32-4)23(15-17)33-5/h6,8,11,13-15,19-21,24,26,31H,7,9-10,12,16H2,1-5H3/t19-,20+,21+,24-,26+,27-,28+/m1/s1. The van der Waals surface area contributed by atoms with Crippen LogP contribution in [0.5, 0.6) is 11.5 Å². The summed E-state index contributed by atoms with van der Waals surface area (Å²) >= 11 is 0. The third kappa shape index (κ3) is 3.26. The molecule has 0 unspecified atom stereocenters. The number of benzene rings is 1. The number of carbonyl (C=O) groups is 1. The van der Waals surface area contributed by atoms with E-state index in [1.807, 2.05) is 30.1 Å². The Kier molecular flexibility index (Phi) is 5.39. The number of hydrogen-bond acceptors (Lipinski definition) is 4. The fourth-order valence-electron chi connectivity index (χ4n) is 7.89. The van der Waals surface area contributed by atoms with Gasteiger partial charge in [-0.25, -0.2) is 0 Å². The fraction of sp³-hybridized carbons (Fsp3) is 0.607. The van der Waals surface area contributed by atoms with Crippen LogP contribution in [0, 0.1) is 28.6 Å². The summed E-state index contributed by atoms with van der Waals surface area (Å²) in [6, 6.07) is 6.22. The minimum absolute atomic E-state index is 0.0215. The average Bonchev–Trinajstić information content (AvgIpc) is 3.06. The number of ether oxygens (including phenoxy) is 2. The van der Waals surface area contributed by atoms with Gasteiger partial charge < -0.3 is 19.5 Å². The number of fused-ring (bicyclic) bond motifs is 5. The number of aliphatic hydroxyl groups excluding tert-OH is 1. The lowest BCUT2D eigenvalue weighted by Crippen LogP contribution is -2.59. The SMILES string of the molecule is COc1ccc(C=C2C[C@H]3[C@@H]4CC[C@H]5N(C)C(=O)C=C[C@]5(C)[C@H]4CC[C@]3(C)[C@H]2O)cc1OC. The second kappa shape index (κ2) is 7.90. The Morgan fingerprint density at radius 1 is 1.09 bits per heavy atom. The first-order valence-corrected chi connectivity index (χ1v) is 12.3. The van der Waals surface area contributed by atoms with Crippen molar-refractivity contribution in [2.75, 3.05) is 21.3 Å². The van der Waals surface area contributed by atoms with E-state index < -0.39 is 6.10 Å². The number of amides is 1. The Hall–Kier alpha value is -2.27. The first-order valence-electron chi connectivity index (χ1n) is 12.3. The maximum atomic E-state index is 12.3. The van der Waals surface area contributed by atoms with Gasteiger partial charge in [0.2, 0.25) is 5.91 Å². The van der Waals surface area contributed by atoms with E-state index >= 15 is 0 Å². The van der Waals surface area contributed by atoms with E-state index in [0.29, 0.717) is 29.3 Å². The van der Waals surface area contributed by atoms with E-state index in [1.165, 1.54) is 0 Å². The Bertz CT molecular complexity index is 1020. The molecule has 1 N–H and O–H groups in total. The van der Waals surface area contributed by atoms with Crippen LogP contribution in [0.3, 0.4) is 0 Å². The molecule has 1 heterocycles. The molecule has 0 bridgehead atoms. The number of hydrogen-bond donors (Lipinski definition) is 1. The van der Waals surface area contributed by atoms with Gasteiger partial charge in [0.1, 0.15) is 0 Å². The predicted molar refractivity (Wildman–Crippen MR) is 129 cm³/mol. The van der Waals surface area contributed by atoms with Crippen LogP contribution in [0.15, 0.2) is 35.9 Å². The van der Waals surface area contributed by atoms with Crippen molar-refractivity contribution in [2.24, 2.45) is 28.6 Å². The quantitative estimate of drug-likeness (QED) is 0.724. The zero-order valence-electron chi connectivity index (χ0n) is 20.5. The molecular formula is C28H37NO4. The minimum Gasteiger partial charge on any atom is -0.493 e. The van der Waals surface area contributed by atoms with Gasteiger partial charge >= 0.3 is 0 Å². The Labute approximate surface area is 197 Å². The molecule has 1 aromatic rings. The Morgan fingerprint density at radius 3 is 2.58 bits per heavy atom. The van der Waals surface area contributed by atoms with Crippen LogP contribution < -0.4 is 9.47 Å². The lowest BCUT2D eigenvalue weighted by Gasteiger charge is -2.59. The summed E-state index contributed by atoms with van der Waals surface area (Å²) in [5.74, 6) is 3.14. The molecule has 178 valence electrons. The molecule has 0 saturated heterocycles. The number of nitrogens with zero attached hydrogens (tertiary/aromatic N) is 1. The monoisotopic (exact) mass is 451 g/mol. The molecule has 1 aromatic carbocycles. The van der Waals surface area contributed by atoms with E-state index in [-0.39, 0.29) is 22.8 Å². The molecule has 1 amide bonds. The molecule has 4 aliphatic rings. The van der Waals surface area contributed by atoms with Crippen molar-refractivity contribution >= 4 is 12.0 Å². The van der Waals surface area contributed by atoms with E-state index in [4.69, 9.17) is 9.47 Å². The summed E-state index contributed by atoms with van der Waals surface area (Å²) in [4.78, 5) is 14.3. The number of rotatable bonds is 3. The van der Waals surface area contributed by atoms with Crippen molar-refractivity contribution in [1.82, 2.24) is 4.90 Å². The predicted octanol–water partition coefficient (Wildman–Crippen LogP) is 4.70. The largest absolute Gasteiger partial charge is 0.493 e. The zero-order valence-corrected chi connectivity index (χ0v) is 20.5. The second-order valence-electron chi connectivity index (χ2n) is 11.1.